The van der Waals surface area contributed by atoms with Crippen LogP contribution in [0.25, 0.3) is 5.57 Å². The molecule has 1 atom stereocenters. The highest BCUT2D eigenvalue weighted by Gasteiger charge is 2.46. The number of rotatable bonds is 6. The molecule has 1 N–H and O–H groups in total. The standard InChI is InChI=1S/C21H19BrCl2N2O3S/c1-2-30(28,29)21(26-19(27)10-16-9-8-15(22)13-25-16)11-17(23)20(18(24)12-21)14-6-4-3-5-7-14/h3-9,11,13H,2,10,12H2,1H3,(H,26,27). The van der Waals surface area contributed by atoms with Crippen LogP contribution in [0.15, 0.2) is 69.3 Å². The average Bonchev–Trinajstić information content (AvgIpc) is 2.70. The third kappa shape index (κ3) is 4.80. The van der Waals surface area contributed by atoms with Gasteiger partial charge in [0.25, 0.3) is 0 Å². The molecule has 1 heterocycles. The molecule has 0 bridgehead atoms. The van der Waals surface area contributed by atoms with Crippen LogP contribution in [0.2, 0.25) is 0 Å². The van der Waals surface area contributed by atoms with Crippen LogP contribution in [-0.2, 0) is 21.1 Å². The molecule has 0 radical (unpaired) electrons. The van der Waals surface area contributed by atoms with Crippen molar-refractivity contribution in [2.75, 3.05) is 5.75 Å². The number of allylic oxidation sites excluding steroid dienone is 2. The lowest BCUT2D eigenvalue weighted by molar-refractivity contribution is -0.121. The van der Waals surface area contributed by atoms with Gasteiger partial charge in [-0.1, -0.05) is 60.5 Å². The Morgan fingerprint density at radius 3 is 2.47 bits per heavy atom. The van der Waals surface area contributed by atoms with E-state index in [9.17, 15) is 13.2 Å². The Morgan fingerprint density at radius 1 is 1.20 bits per heavy atom. The highest BCUT2D eigenvalue weighted by molar-refractivity contribution is 9.10. The quantitative estimate of drug-likeness (QED) is 0.582. The number of sulfone groups is 1. The molecule has 2 aromatic rings. The largest absolute Gasteiger partial charge is 0.333 e. The molecule has 1 aliphatic rings. The molecule has 9 heteroatoms. The molecule has 1 aliphatic carbocycles. The van der Waals surface area contributed by atoms with Crippen molar-refractivity contribution in [1.82, 2.24) is 10.3 Å². The summed E-state index contributed by atoms with van der Waals surface area (Å²) in [5.74, 6) is -0.676. The molecule has 0 saturated heterocycles. The fourth-order valence-electron chi connectivity index (χ4n) is 3.25. The molecule has 1 aromatic carbocycles. The summed E-state index contributed by atoms with van der Waals surface area (Å²) >= 11 is 16.3. The van der Waals surface area contributed by atoms with Crippen LogP contribution < -0.4 is 5.32 Å². The van der Waals surface area contributed by atoms with Crippen LogP contribution in [-0.4, -0.2) is 29.9 Å². The van der Waals surface area contributed by atoms with Crippen molar-refractivity contribution in [3.05, 3.63) is 80.5 Å². The molecule has 30 heavy (non-hydrogen) atoms. The molecule has 1 unspecified atom stereocenters. The molecule has 158 valence electrons. The normalized spacial score (nSPS) is 19.4. The summed E-state index contributed by atoms with van der Waals surface area (Å²) in [5.41, 5.74) is 1.85. The first-order chi connectivity index (χ1) is 14.2. The highest BCUT2D eigenvalue weighted by atomic mass is 79.9. The molecule has 1 amide bonds. The van der Waals surface area contributed by atoms with E-state index in [0.717, 1.165) is 10.0 Å². The zero-order valence-corrected chi connectivity index (χ0v) is 19.9. The zero-order chi connectivity index (χ0) is 21.9. The number of nitrogens with one attached hydrogen (secondary N) is 1. The summed E-state index contributed by atoms with van der Waals surface area (Å²) in [6.45, 7) is 1.52. The van der Waals surface area contributed by atoms with Gasteiger partial charge in [-0.25, -0.2) is 8.42 Å². The van der Waals surface area contributed by atoms with Gasteiger partial charge in [0, 0.05) is 38.4 Å². The van der Waals surface area contributed by atoms with Crippen molar-refractivity contribution in [2.24, 2.45) is 0 Å². The Morgan fingerprint density at radius 2 is 1.90 bits per heavy atom. The molecular weight excluding hydrogens is 511 g/mol. The molecule has 0 saturated carbocycles. The second-order valence-electron chi connectivity index (χ2n) is 6.80. The number of aromatic nitrogens is 1. The third-order valence-electron chi connectivity index (χ3n) is 4.77. The van der Waals surface area contributed by atoms with E-state index in [0.29, 0.717) is 11.3 Å². The Kier molecular flexibility index (Phi) is 7.07. The van der Waals surface area contributed by atoms with Gasteiger partial charge in [0.2, 0.25) is 5.91 Å². The molecule has 0 aliphatic heterocycles. The van der Waals surface area contributed by atoms with Crippen molar-refractivity contribution in [3.63, 3.8) is 0 Å². The highest BCUT2D eigenvalue weighted by Crippen LogP contribution is 2.43. The van der Waals surface area contributed by atoms with E-state index in [-0.39, 0.29) is 28.7 Å². The van der Waals surface area contributed by atoms with Gasteiger partial charge in [-0.05, 0) is 39.7 Å². The SMILES string of the molecule is CCS(=O)(=O)C1(NC(=O)Cc2ccc(Br)cn2)C=C(Cl)C(c2ccccc2)=C(Cl)C1. The number of pyridine rings is 1. The predicted octanol–water partition coefficient (Wildman–Crippen LogP) is 4.81. The van der Waals surface area contributed by atoms with Crippen molar-refractivity contribution in [1.29, 1.82) is 0 Å². The van der Waals surface area contributed by atoms with Gasteiger partial charge in [-0.2, -0.15) is 0 Å². The number of carbonyl (C=O) groups is 1. The second kappa shape index (κ2) is 9.22. The summed E-state index contributed by atoms with van der Waals surface area (Å²) < 4.78 is 26.8. The van der Waals surface area contributed by atoms with Gasteiger partial charge in [0.15, 0.2) is 14.7 Å². The lowest BCUT2D eigenvalue weighted by atomic mass is 9.96. The number of amides is 1. The Hall–Kier alpha value is -1.67. The zero-order valence-electron chi connectivity index (χ0n) is 16.0. The number of halogens is 3. The number of nitrogens with zero attached hydrogens (tertiary/aromatic N) is 1. The van der Waals surface area contributed by atoms with Gasteiger partial charge in [-0.3, -0.25) is 9.78 Å². The van der Waals surface area contributed by atoms with Crippen LogP contribution in [0.5, 0.6) is 0 Å². The molecule has 0 fully saturated rings. The van der Waals surface area contributed by atoms with E-state index in [2.05, 4.69) is 26.2 Å². The molecule has 0 spiro atoms. The topological polar surface area (TPSA) is 76.1 Å². The van der Waals surface area contributed by atoms with Gasteiger partial charge < -0.3 is 5.32 Å². The van der Waals surface area contributed by atoms with Crippen LogP contribution in [0.4, 0.5) is 0 Å². The van der Waals surface area contributed by atoms with Gasteiger partial charge in [0.05, 0.1) is 12.2 Å². The van der Waals surface area contributed by atoms with E-state index >= 15 is 0 Å². The van der Waals surface area contributed by atoms with E-state index in [4.69, 9.17) is 23.2 Å². The molecule has 5 nitrogen and oxygen atoms in total. The number of carbonyl (C=O) groups excluding carboxylic acids is 1. The van der Waals surface area contributed by atoms with E-state index in [1.807, 2.05) is 30.3 Å². The van der Waals surface area contributed by atoms with Gasteiger partial charge in [-0.15, -0.1) is 0 Å². The maximum atomic E-state index is 13.0. The molecule has 3 rings (SSSR count). The minimum Gasteiger partial charge on any atom is -0.333 e. The maximum Gasteiger partial charge on any atom is 0.227 e. The van der Waals surface area contributed by atoms with E-state index < -0.39 is 20.6 Å². The monoisotopic (exact) mass is 528 g/mol. The van der Waals surface area contributed by atoms with Crippen molar-refractivity contribution in [3.8, 4) is 0 Å². The first-order valence-electron chi connectivity index (χ1n) is 9.14. The van der Waals surface area contributed by atoms with Crippen LogP contribution in [0.1, 0.15) is 24.6 Å². The third-order valence-corrected chi connectivity index (χ3v) is 8.09. The summed E-state index contributed by atoms with van der Waals surface area (Å²) in [5, 5.41) is 3.11. The van der Waals surface area contributed by atoms with Crippen LogP contribution in [0, 0.1) is 0 Å². The molecular formula is C21H19BrCl2N2O3S. The number of benzene rings is 1. The second-order valence-corrected chi connectivity index (χ2v) is 11.1. The van der Waals surface area contributed by atoms with E-state index in [1.165, 1.54) is 13.0 Å². The summed E-state index contributed by atoms with van der Waals surface area (Å²) in [4.78, 5) is 15.2. The van der Waals surface area contributed by atoms with Crippen molar-refractivity contribution in [2.45, 2.75) is 24.6 Å². The Labute approximate surface area is 194 Å². The lowest BCUT2D eigenvalue weighted by Crippen LogP contribution is -2.55. The predicted molar refractivity (Wildman–Crippen MR) is 124 cm³/mol. The lowest BCUT2D eigenvalue weighted by Gasteiger charge is -2.35. The van der Waals surface area contributed by atoms with Crippen LogP contribution >= 0.6 is 39.1 Å². The van der Waals surface area contributed by atoms with Gasteiger partial charge >= 0.3 is 0 Å². The summed E-state index contributed by atoms with van der Waals surface area (Å²) in [6.07, 6.45) is 2.77. The Bertz CT molecular complexity index is 1120. The first kappa shape index (κ1) is 23.0. The molecule has 1 aromatic heterocycles. The van der Waals surface area contributed by atoms with E-state index in [1.54, 1.807) is 18.3 Å². The fourth-order valence-corrected chi connectivity index (χ4v) is 5.95. The minimum atomic E-state index is -3.79. The summed E-state index contributed by atoms with van der Waals surface area (Å²) in [6, 6.07) is 12.7. The van der Waals surface area contributed by atoms with Crippen molar-refractivity contribution < 1.29 is 13.2 Å². The number of hydrogen-bond donors (Lipinski definition) is 1. The van der Waals surface area contributed by atoms with Crippen LogP contribution in [0.3, 0.4) is 0 Å². The maximum absolute atomic E-state index is 13.0. The minimum absolute atomic E-state index is 0.0768. The smallest absolute Gasteiger partial charge is 0.227 e. The Balaban J connectivity index is 1.95. The average molecular weight is 530 g/mol. The number of hydrogen-bond acceptors (Lipinski definition) is 4. The summed E-state index contributed by atoms with van der Waals surface area (Å²) in [7, 11) is -3.79. The van der Waals surface area contributed by atoms with Crippen molar-refractivity contribution >= 4 is 60.4 Å². The van der Waals surface area contributed by atoms with Gasteiger partial charge in [0.1, 0.15) is 0 Å². The fraction of sp³-hybridized carbons (Fsp3) is 0.238. The first-order valence-corrected chi connectivity index (χ1v) is 12.3.